The molecule has 0 amide bonds. The Morgan fingerprint density at radius 2 is 2.04 bits per heavy atom. The van der Waals surface area contributed by atoms with E-state index in [4.69, 9.17) is 9.47 Å². The van der Waals surface area contributed by atoms with Crippen molar-refractivity contribution in [2.45, 2.75) is 30.7 Å². The number of Topliss-reactive ketones (excluding diaryl/α,β-unsaturated/α-hetero) is 1. The minimum absolute atomic E-state index is 0.0452. The van der Waals surface area contributed by atoms with Gasteiger partial charge in [-0.1, -0.05) is 0 Å². The standard InChI is InChI=1S/C19H23NO5/c1-20-5-4-19-9-14(22)15(24-2)7-11(19)12(20)6-10-13(21)8-16(25-3)18(23)17(10)19/h7-8,11-12,21,23H,4-6,9H2,1-3H3/t11-,12+,19-/m0/s1. The van der Waals surface area contributed by atoms with Crippen molar-refractivity contribution < 1.29 is 24.5 Å². The SMILES string of the molecule is COC1=C[C@H]2[C@H]3Cc4c(O)cc(OC)c(O)c4[C@@]2(CCN3C)CC1=O. The van der Waals surface area contributed by atoms with Crippen LogP contribution in [0.3, 0.4) is 0 Å². The molecule has 6 heteroatoms. The van der Waals surface area contributed by atoms with Gasteiger partial charge in [-0.25, -0.2) is 0 Å². The van der Waals surface area contributed by atoms with E-state index in [2.05, 4.69) is 11.9 Å². The van der Waals surface area contributed by atoms with Crippen molar-refractivity contribution in [1.82, 2.24) is 4.90 Å². The molecule has 0 unspecified atom stereocenters. The van der Waals surface area contributed by atoms with Gasteiger partial charge in [-0.2, -0.15) is 0 Å². The molecule has 1 aliphatic heterocycles. The Morgan fingerprint density at radius 1 is 1.28 bits per heavy atom. The molecule has 134 valence electrons. The topological polar surface area (TPSA) is 79.2 Å². The number of fused-ring (bicyclic) bond motifs is 1. The van der Waals surface area contributed by atoms with Gasteiger partial charge in [0, 0.05) is 41.0 Å². The first-order valence-corrected chi connectivity index (χ1v) is 8.54. The molecule has 0 saturated carbocycles. The summed E-state index contributed by atoms with van der Waals surface area (Å²) in [5.41, 5.74) is 0.881. The van der Waals surface area contributed by atoms with Crippen LogP contribution in [0.25, 0.3) is 0 Å². The fourth-order valence-corrected chi connectivity index (χ4v) is 5.08. The Morgan fingerprint density at radius 3 is 2.72 bits per heavy atom. The van der Waals surface area contributed by atoms with Crippen molar-refractivity contribution >= 4 is 5.78 Å². The van der Waals surface area contributed by atoms with E-state index in [-0.39, 0.29) is 41.4 Å². The number of carbonyl (C=O) groups excluding carboxylic acids is 1. The molecular weight excluding hydrogens is 322 g/mol. The van der Waals surface area contributed by atoms with Crippen molar-refractivity contribution in [3.05, 3.63) is 29.0 Å². The number of likely N-dealkylation sites (N-methyl/N-ethyl adjacent to an activating group) is 1. The van der Waals surface area contributed by atoms with E-state index in [1.807, 2.05) is 6.08 Å². The lowest BCUT2D eigenvalue weighted by atomic mass is 9.53. The third-order valence-electron chi connectivity index (χ3n) is 6.31. The predicted octanol–water partition coefficient (Wildman–Crippen LogP) is 1.72. The molecule has 0 spiro atoms. The van der Waals surface area contributed by atoms with E-state index in [1.54, 1.807) is 0 Å². The molecule has 0 aromatic heterocycles. The summed E-state index contributed by atoms with van der Waals surface area (Å²) >= 11 is 0. The largest absolute Gasteiger partial charge is 0.508 e. The second kappa shape index (κ2) is 5.39. The molecule has 1 heterocycles. The van der Waals surface area contributed by atoms with Gasteiger partial charge in [0.1, 0.15) is 5.75 Å². The highest BCUT2D eigenvalue weighted by atomic mass is 16.5. The summed E-state index contributed by atoms with van der Waals surface area (Å²) in [6.07, 6.45) is 3.54. The van der Waals surface area contributed by atoms with E-state index in [0.29, 0.717) is 17.7 Å². The predicted molar refractivity (Wildman–Crippen MR) is 90.9 cm³/mol. The maximum atomic E-state index is 12.6. The van der Waals surface area contributed by atoms with Gasteiger partial charge >= 0.3 is 0 Å². The number of methoxy groups -OCH3 is 2. The lowest BCUT2D eigenvalue weighted by Crippen LogP contribution is -2.60. The Bertz CT molecular complexity index is 787. The first-order valence-electron chi connectivity index (χ1n) is 8.54. The zero-order chi connectivity index (χ0) is 17.9. The molecule has 0 radical (unpaired) electrons. The number of hydrogen-bond donors (Lipinski definition) is 2. The van der Waals surface area contributed by atoms with Gasteiger partial charge in [0.25, 0.3) is 0 Å². The molecule has 3 aliphatic rings. The van der Waals surface area contributed by atoms with Gasteiger partial charge in [0.05, 0.1) is 14.2 Å². The smallest absolute Gasteiger partial charge is 0.197 e. The van der Waals surface area contributed by atoms with Crippen LogP contribution in [0.15, 0.2) is 17.9 Å². The van der Waals surface area contributed by atoms with E-state index in [0.717, 1.165) is 18.5 Å². The monoisotopic (exact) mass is 345 g/mol. The quantitative estimate of drug-likeness (QED) is 0.795. The highest BCUT2D eigenvalue weighted by molar-refractivity contribution is 5.96. The number of benzene rings is 1. The maximum absolute atomic E-state index is 12.6. The molecule has 1 fully saturated rings. The molecule has 25 heavy (non-hydrogen) atoms. The number of aromatic hydroxyl groups is 2. The van der Waals surface area contributed by atoms with Crippen LogP contribution < -0.4 is 4.74 Å². The number of piperidine rings is 1. The number of likely N-dealkylation sites (tertiary alicyclic amines) is 1. The minimum atomic E-state index is -0.528. The Labute approximate surface area is 146 Å². The van der Waals surface area contributed by atoms with Crippen LogP contribution in [-0.2, 0) is 21.4 Å². The number of hydrogen-bond acceptors (Lipinski definition) is 6. The van der Waals surface area contributed by atoms with Crippen LogP contribution in [0.1, 0.15) is 24.0 Å². The van der Waals surface area contributed by atoms with Crippen LogP contribution in [-0.4, -0.2) is 54.8 Å². The van der Waals surface area contributed by atoms with Crippen molar-refractivity contribution in [2.24, 2.45) is 5.92 Å². The third-order valence-corrected chi connectivity index (χ3v) is 6.31. The third kappa shape index (κ3) is 2.03. The maximum Gasteiger partial charge on any atom is 0.197 e. The van der Waals surface area contributed by atoms with Crippen molar-refractivity contribution in [2.75, 3.05) is 27.8 Å². The number of allylic oxidation sites excluding steroid dienone is 1. The first-order chi connectivity index (χ1) is 11.9. The number of ketones is 1. The number of rotatable bonds is 2. The van der Waals surface area contributed by atoms with Crippen LogP contribution in [0.4, 0.5) is 0 Å². The molecule has 3 atom stereocenters. The van der Waals surface area contributed by atoms with Crippen molar-refractivity contribution in [1.29, 1.82) is 0 Å². The molecule has 2 aliphatic carbocycles. The number of phenolic OH excluding ortho intramolecular Hbond substituents is 2. The lowest BCUT2D eigenvalue weighted by molar-refractivity contribution is -0.122. The summed E-state index contributed by atoms with van der Waals surface area (Å²) in [7, 11) is 5.05. The van der Waals surface area contributed by atoms with Gasteiger partial charge in [0.15, 0.2) is 23.0 Å². The van der Waals surface area contributed by atoms with Gasteiger partial charge in [-0.15, -0.1) is 0 Å². The highest BCUT2D eigenvalue weighted by Gasteiger charge is 2.57. The summed E-state index contributed by atoms with van der Waals surface area (Å²) in [5, 5.41) is 21.4. The molecule has 2 N–H and O–H groups in total. The average molecular weight is 345 g/mol. The fourth-order valence-electron chi connectivity index (χ4n) is 5.08. The second-order valence-corrected chi connectivity index (χ2v) is 7.32. The molecule has 2 bridgehead atoms. The summed E-state index contributed by atoms with van der Waals surface area (Å²) in [6, 6.07) is 1.61. The Hall–Kier alpha value is -2.21. The molecule has 1 saturated heterocycles. The van der Waals surface area contributed by atoms with Crippen molar-refractivity contribution in [3.63, 3.8) is 0 Å². The number of carbonyl (C=O) groups is 1. The lowest BCUT2D eigenvalue weighted by Gasteiger charge is -2.56. The second-order valence-electron chi connectivity index (χ2n) is 7.32. The van der Waals surface area contributed by atoms with E-state index < -0.39 is 5.41 Å². The van der Waals surface area contributed by atoms with Crippen LogP contribution >= 0.6 is 0 Å². The van der Waals surface area contributed by atoms with E-state index in [9.17, 15) is 15.0 Å². The zero-order valence-electron chi connectivity index (χ0n) is 14.7. The summed E-state index contributed by atoms with van der Waals surface area (Å²) in [4.78, 5) is 14.9. The zero-order valence-corrected chi connectivity index (χ0v) is 14.7. The molecule has 1 aromatic carbocycles. The van der Waals surface area contributed by atoms with Crippen molar-refractivity contribution in [3.8, 4) is 17.2 Å². The van der Waals surface area contributed by atoms with Crippen LogP contribution in [0.5, 0.6) is 17.2 Å². The first kappa shape index (κ1) is 16.3. The average Bonchev–Trinajstić information content (AvgIpc) is 2.59. The number of ether oxygens (including phenoxy) is 2. The molecule has 4 rings (SSSR count). The van der Waals surface area contributed by atoms with Crippen LogP contribution in [0.2, 0.25) is 0 Å². The normalized spacial score (nSPS) is 31.0. The molecule has 1 aromatic rings. The van der Waals surface area contributed by atoms with E-state index >= 15 is 0 Å². The summed E-state index contributed by atoms with van der Waals surface area (Å²) < 4.78 is 10.5. The minimum Gasteiger partial charge on any atom is -0.508 e. The van der Waals surface area contributed by atoms with Gasteiger partial charge in [0.2, 0.25) is 0 Å². The van der Waals surface area contributed by atoms with Gasteiger partial charge in [-0.3, -0.25) is 4.79 Å². The highest BCUT2D eigenvalue weighted by Crippen LogP contribution is 2.59. The Kier molecular flexibility index (Phi) is 3.51. The molecular formula is C19H23NO5. The fraction of sp³-hybridized carbons (Fsp3) is 0.526. The Balaban J connectivity index is 2.01. The molecule has 6 nitrogen and oxygen atoms in total. The van der Waals surface area contributed by atoms with Gasteiger partial charge < -0.3 is 24.6 Å². The van der Waals surface area contributed by atoms with E-state index in [1.165, 1.54) is 20.3 Å². The summed E-state index contributed by atoms with van der Waals surface area (Å²) in [5.74, 6) is 0.800. The van der Waals surface area contributed by atoms with Crippen LogP contribution in [0, 0.1) is 5.92 Å². The number of nitrogens with zero attached hydrogens (tertiary/aromatic N) is 1. The van der Waals surface area contributed by atoms with Gasteiger partial charge in [-0.05, 0) is 32.5 Å². The summed E-state index contributed by atoms with van der Waals surface area (Å²) in [6.45, 7) is 0.835. The number of phenols is 2.